The summed E-state index contributed by atoms with van der Waals surface area (Å²) < 4.78 is 0. The van der Waals surface area contributed by atoms with E-state index in [4.69, 9.17) is 17.9 Å². The molecule has 0 spiro atoms. The summed E-state index contributed by atoms with van der Waals surface area (Å²) in [4.78, 5) is 11.8. The number of rotatable bonds is 2. The van der Waals surface area contributed by atoms with Gasteiger partial charge in [0.1, 0.15) is 0 Å². The van der Waals surface area contributed by atoms with Gasteiger partial charge in [-0.05, 0) is 36.4 Å². The lowest BCUT2D eigenvalue weighted by Crippen LogP contribution is -2.19. The minimum Gasteiger partial charge on any atom is -0.397 e. The van der Waals surface area contributed by atoms with E-state index in [0.29, 0.717) is 28.3 Å². The van der Waals surface area contributed by atoms with Crippen LogP contribution < -0.4 is 22.1 Å². The second-order valence-electron chi connectivity index (χ2n) is 4.15. The molecule has 0 heterocycles. The van der Waals surface area contributed by atoms with Crippen molar-refractivity contribution in [3.05, 3.63) is 48.0 Å². The molecule has 2 aromatic carbocycles. The van der Waals surface area contributed by atoms with Crippen LogP contribution in [0, 0.1) is 12.3 Å². The molecule has 0 aliphatic rings. The number of amides is 2. The van der Waals surface area contributed by atoms with Crippen LogP contribution in [0.25, 0.3) is 0 Å². The lowest BCUT2D eigenvalue weighted by atomic mass is 10.2. The number of nitrogen functional groups attached to an aromatic ring is 2. The van der Waals surface area contributed by atoms with Crippen molar-refractivity contribution in [1.29, 1.82) is 0 Å². The molecule has 2 aromatic rings. The second-order valence-corrected chi connectivity index (χ2v) is 4.15. The molecule has 0 aliphatic carbocycles. The van der Waals surface area contributed by atoms with Crippen LogP contribution >= 0.6 is 0 Å². The molecule has 0 aliphatic heterocycles. The zero-order valence-corrected chi connectivity index (χ0v) is 10.7. The van der Waals surface area contributed by atoms with Gasteiger partial charge in [0.05, 0.1) is 11.4 Å². The summed E-state index contributed by atoms with van der Waals surface area (Å²) in [6, 6.07) is 11.5. The molecule has 0 bridgehead atoms. The molecule has 0 radical (unpaired) electrons. The Kier molecular flexibility index (Phi) is 3.77. The number of terminal acetylenes is 1. The smallest absolute Gasteiger partial charge is 0.323 e. The molecule has 5 nitrogen and oxygen atoms in total. The van der Waals surface area contributed by atoms with Gasteiger partial charge in [-0.3, -0.25) is 0 Å². The van der Waals surface area contributed by atoms with E-state index in [1.165, 1.54) is 0 Å². The molecule has 6 N–H and O–H groups in total. The fourth-order valence-electron chi connectivity index (χ4n) is 1.63. The van der Waals surface area contributed by atoms with Crippen molar-refractivity contribution >= 4 is 28.8 Å². The molecule has 2 rings (SSSR count). The fraction of sp³-hybridized carbons (Fsp3) is 0. The van der Waals surface area contributed by atoms with E-state index in [1.807, 2.05) is 0 Å². The number of hydrogen-bond donors (Lipinski definition) is 4. The van der Waals surface area contributed by atoms with E-state index in [1.54, 1.807) is 42.5 Å². The monoisotopic (exact) mass is 266 g/mol. The maximum absolute atomic E-state index is 11.8. The number of carbonyl (C=O) groups excluding carboxylic acids is 1. The number of anilines is 4. The van der Waals surface area contributed by atoms with Gasteiger partial charge in [0.15, 0.2) is 0 Å². The van der Waals surface area contributed by atoms with Gasteiger partial charge >= 0.3 is 6.03 Å². The quantitative estimate of drug-likeness (QED) is 0.497. The number of carbonyl (C=O) groups is 1. The minimum atomic E-state index is -0.386. The number of urea groups is 1. The summed E-state index contributed by atoms with van der Waals surface area (Å²) in [5.74, 6) is 2.50. The molecule has 20 heavy (non-hydrogen) atoms. The van der Waals surface area contributed by atoms with E-state index in [2.05, 4.69) is 16.6 Å². The first-order valence-corrected chi connectivity index (χ1v) is 5.88. The van der Waals surface area contributed by atoms with Crippen molar-refractivity contribution in [2.45, 2.75) is 0 Å². The van der Waals surface area contributed by atoms with Crippen LogP contribution in [0.1, 0.15) is 5.56 Å². The van der Waals surface area contributed by atoms with Gasteiger partial charge in [-0.15, -0.1) is 6.42 Å². The van der Waals surface area contributed by atoms with Crippen LogP contribution in [0.4, 0.5) is 27.5 Å². The van der Waals surface area contributed by atoms with Crippen molar-refractivity contribution in [1.82, 2.24) is 0 Å². The Balaban J connectivity index is 2.05. The van der Waals surface area contributed by atoms with Crippen LogP contribution in [0.5, 0.6) is 0 Å². The summed E-state index contributed by atoms with van der Waals surface area (Å²) in [6.45, 7) is 0. The standard InChI is InChI=1S/C15H14N4O/c1-2-10-4-3-5-11(8-10)18-15(20)19-12-6-7-13(16)14(17)9-12/h1,3-9H,16-17H2,(H2,18,19,20). The number of hydrogen-bond acceptors (Lipinski definition) is 3. The van der Waals surface area contributed by atoms with Crippen molar-refractivity contribution in [3.63, 3.8) is 0 Å². The van der Waals surface area contributed by atoms with E-state index in [9.17, 15) is 4.79 Å². The first kappa shape index (κ1) is 13.3. The van der Waals surface area contributed by atoms with Crippen LogP contribution in [0.3, 0.4) is 0 Å². The average Bonchev–Trinajstić information content (AvgIpc) is 2.43. The lowest BCUT2D eigenvalue weighted by molar-refractivity contribution is 0.262. The summed E-state index contributed by atoms with van der Waals surface area (Å²) in [5, 5.41) is 5.34. The molecule has 2 amide bonds. The largest absolute Gasteiger partial charge is 0.397 e. The molecule has 100 valence electrons. The maximum atomic E-state index is 11.8. The van der Waals surface area contributed by atoms with Gasteiger partial charge in [-0.1, -0.05) is 12.0 Å². The Morgan fingerprint density at radius 3 is 2.35 bits per heavy atom. The Morgan fingerprint density at radius 2 is 1.70 bits per heavy atom. The van der Waals surface area contributed by atoms with Crippen molar-refractivity contribution in [2.75, 3.05) is 22.1 Å². The third kappa shape index (κ3) is 3.21. The number of nitrogens with one attached hydrogen (secondary N) is 2. The highest BCUT2D eigenvalue weighted by Gasteiger charge is 2.04. The Bertz CT molecular complexity index is 689. The first-order valence-electron chi connectivity index (χ1n) is 5.88. The second kappa shape index (κ2) is 5.67. The van der Waals surface area contributed by atoms with Crippen LogP contribution in [-0.4, -0.2) is 6.03 Å². The summed E-state index contributed by atoms with van der Waals surface area (Å²) in [5.41, 5.74) is 14.0. The minimum absolute atomic E-state index is 0.386. The van der Waals surface area contributed by atoms with Crippen LogP contribution in [-0.2, 0) is 0 Å². The van der Waals surface area contributed by atoms with Gasteiger partial charge in [-0.25, -0.2) is 4.79 Å². The molecule has 0 saturated heterocycles. The van der Waals surface area contributed by atoms with Gasteiger partial charge in [0.25, 0.3) is 0 Å². The third-order valence-corrected chi connectivity index (χ3v) is 2.63. The highest BCUT2D eigenvalue weighted by Crippen LogP contribution is 2.19. The number of benzene rings is 2. The maximum Gasteiger partial charge on any atom is 0.323 e. The van der Waals surface area contributed by atoms with Gasteiger partial charge in [-0.2, -0.15) is 0 Å². The van der Waals surface area contributed by atoms with Crippen molar-refractivity contribution in [3.8, 4) is 12.3 Å². The zero-order chi connectivity index (χ0) is 14.5. The predicted molar refractivity (Wildman–Crippen MR) is 82.3 cm³/mol. The normalized spacial score (nSPS) is 9.55. The van der Waals surface area contributed by atoms with E-state index < -0.39 is 0 Å². The van der Waals surface area contributed by atoms with Crippen molar-refractivity contribution in [2.24, 2.45) is 0 Å². The predicted octanol–water partition coefficient (Wildman–Crippen LogP) is 2.48. The van der Waals surface area contributed by atoms with E-state index in [0.717, 1.165) is 0 Å². The Labute approximate surface area is 117 Å². The third-order valence-electron chi connectivity index (χ3n) is 2.63. The number of nitrogens with two attached hydrogens (primary N) is 2. The fourth-order valence-corrected chi connectivity index (χ4v) is 1.63. The van der Waals surface area contributed by atoms with E-state index in [-0.39, 0.29) is 6.03 Å². The molecule has 0 fully saturated rings. The average molecular weight is 266 g/mol. The first-order chi connectivity index (χ1) is 9.58. The summed E-state index contributed by atoms with van der Waals surface area (Å²) >= 11 is 0. The molecule has 0 unspecified atom stereocenters. The van der Waals surface area contributed by atoms with Crippen molar-refractivity contribution < 1.29 is 4.79 Å². The van der Waals surface area contributed by atoms with E-state index >= 15 is 0 Å². The zero-order valence-electron chi connectivity index (χ0n) is 10.7. The molecular weight excluding hydrogens is 252 g/mol. The molecule has 0 aromatic heterocycles. The molecule has 0 saturated carbocycles. The Morgan fingerprint density at radius 1 is 1.00 bits per heavy atom. The summed E-state index contributed by atoms with van der Waals surface area (Å²) in [7, 11) is 0. The highest BCUT2D eigenvalue weighted by atomic mass is 16.2. The Hall–Kier alpha value is -3.13. The molecule has 0 atom stereocenters. The van der Waals surface area contributed by atoms with Crippen LogP contribution in [0.15, 0.2) is 42.5 Å². The molecular formula is C15H14N4O. The molecule has 5 heteroatoms. The SMILES string of the molecule is C#Cc1cccc(NC(=O)Nc2ccc(N)c(N)c2)c1. The summed E-state index contributed by atoms with van der Waals surface area (Å²) in [6.07, 6.45) is 5.30. The van der Waals surface area contributed by atoms with Gasteiger partial charge in [0, 0.05) is 16.9 Å². The van der Waals surface area contributed by atoms with Gasteiger partial charge in [0.2, 0.25) is 0 Å². The van der Waals surface area contributed by atoms with Gasteiger partial charge < -0.3 is 22.1 Å². The van der Waals surface area contributed by atoms with Crippen LogP contribution in [0.2, 0.25) is 0 Å². The lowest BCUT2D eigenvalue weighted by Gasteiger charge is -2.09. The topological polar surface area (TPSA) is 93.2 Å². The highest BCUT2D eigenvalue weighted by molar-refractivity contribution is 6.00.